The van der Waals surface area contributed by atoms with Gasteiger partial charge >= 0.3 is 0 Å². The van der Waals surface area contributed by atoms with Crippen LogP contribution in [0.1, 0.15) is 17.9 Å². The monoisotopic (exact) mass is 329 g/mol. The summed E-state index contributed by atoms with van der Waals surface area (Å²) in [5.41, 5.74) is 8.14. The van der Waals surface area contributed by atoms with Crippen LogP contribution in [-0.4, -0.2) is 19.6 Å². The molecular formula is C18H20ClN3O. The first-order valence-electron chi connectivity index (χ1n) is 7.63. The number of guanidine groups is 1. The van der Waals surface area contributed by atoms with Crippen molar-refractivity contribution in [2.45, 2.75) is 12.3 Å². The Morgan fingerprint density at radius 2 is 2.09 bits per heavy atom. The fraction of sp³-hybridized carbons (Fsp3) is 0.278. The van der Waals surface area contributed by atoms with Gasteiger partial charge in [0, 0.05) is 12.2 Å². The van der Waals surface area contributed by atoms with Crippen molar-refractivity contribution in [3.8, 4) is 5.75 Å². The summed E-state index contributed by atoms with van der Waals surface area (Å²) in [6, 6.07) is 16.0. The number of methoxy groups -OCH3 is 1. The summed E-state index contributed by atoms with van der Waals surface area (Å²) in [5, 5.41) is 3.60. The van der Waals surface area contributed by atoms with Crippen LogP contribution in [0, 0.1) is 5.92 Å². The predicted octanol–water partition coefficient (Wildman–Crippen LogP) is 3.88. The van der Waals surface area contributed by atoms with Crippen molar-refractivity contribution >= 4 is 23.2 Å². The van der Waals surface area contributed by atoms with Gasteiger partial charge in [0.1, 0.15) is 5.75 Å². The molecule has 1 aliphatic carbocycles. The standard InChI is InChI=1S/C18H20ClN3O/c1-23-17-8-7-14(10-16(17)19)22-18(20)21-11-13-9-15(13)12-5-3-2-4-6-12/h2-8,10,13,15H,9,11H2,1H3,(H3,20,21,22)/t13-,15-/m0/s1. The Kier molecular flexibility index (Phi) is 4.72. The topological polar surface area (TPSA) is 59.6 Å². The smallest absolute Gasteiger partial charge is 0.193 e. The Labute approximate surface area is 141 Å². The molecule has 1 aliphatic rings. The van der Waals surface area contributed by atoms with Crippen LogP contribution < -0.4 is 15.8 Å². The lowest BCUT2D eigenvalue weighted by Gasteiger charge is -2.08. The van der Waals surface area contributed by atoms with E-state index in [2.05, 4.69) is 34.6 Å². The summed E-state index contributed by atoms with van der Waals surface area (Å²) in [4.78, 5) is 4.44. The number of nitrogens with one attached hydrogen (secondary N) is 1. The Bertz CT molecular complexity index is 703. The molecule has 23 heavy (non-hydrogen) atoms. The van der Waals surface area contributed by atoms with Gasteiger partial charge in [-0.15, -0.1) is 0 Å². The highest BCUT2D eigenvalue weighted by Gasteiger charge is 2.37. The molecule has 3 rings (SSSR count). The average Bonchev–Trinajstić information content (AvgIpc) is 3.34. The number of hydrogen-bond acceptors (Lipinski definition) is 2. The van der Waals surface area contributed by atoms with Gasteiger partial charge < -0.3 is 15.8 Å². The lowest BCUT2D eigenvalue weighted by atomic mass is 10.1. The van der Waals surface area contributed by atoms with Crippen LogP contribution in [0.2, 0.25) is 5.02 Å². The second-order valence-electron chi connectivity index (χ2n) is 5.71. The first-order chi connectivity index (χ1) is 11.2. The van der Waals surface area contributed by atoms with Gasteiger partial charge in [-0.2, -0.15) is 0 Å². The zero-order valence-electron chi connectivity index (χ0n) is 13.0. The quantitative estimate of drug-likeness (QED) is 0.646. The normalized spacial score (nSPS) is 20.2. The maximum atomic E-state index is 6.09. The molecule has 0 spiro atoms. The van der Waals surface area contributed by atoms with Gasteiger partial charge in [-0.25, -0.2) is 0 Å². The summed E-state index contributed by atoms with van der Waals surface area (Å²) in [5.74, 6) is 2.24. The van der Waals surface area contributed by atoms with Gasteiger partial charge in [-0.1, -0.05) is 41.9 Å². The van der Waals surface area contributed by atoms with E-state index in [9.17, 15) is 0 Å². The number of aliphatic imine (C=N–C) groups is 1. The Morgan fingerprint density at radius 1 is 1.30 bits per heavy atom. The molecular weight excluding hydrogens is 310 g/mol. The van der Waals surface area contributed by atoms with Gasteiger partial charge in [0.05, 0.1) is 12.1 Å². The van der Waals surface area contributed by atoms with Crippen molar-refractivity contribution in [1.82, 2.24) is 0 Å². The molecule has 2 aromatic carbocycles. The molecule has 1 saturated carbocycles. The number of nitrogens with two attached hydrogens (primary N) is 1. The Hall–Kier alpha value is -2.20. The van der Waals surface area contributed by atoms with Gasteiger partial charge in [0.15, 0.2) is 5.96 Å². The molecule has 5 heteroatoms. The summed E-state index contributed by atoms with van der Waals surface area (Å²) < 4.78 is 5.12. The summed E-state index contributed by atoms with van der Waals surface area (Å²) in [6.07, 6.45) is 1.18. The highest BCUT2D eigenvalue weighted by Crippen LogP contribution is 2.47. The van der Waals surface area contributed by atoms with Crippen LogP contribution in [0.4, 0.5) is 5.69 Å². The third kappa shape index (κ3) is 3.96. The number of hydrogen-bond donors (Lipinski definition) is 2. The van der Waals surface area contributed by atoms with Crippen molar-refractivity contribution in [2.24, 2.45) is 16.6 Å². The van der Waals surface area contributed by atoms with E-state index in [1.165, 1.54) is 12.0 Å². The van der Waals surface area contributed by atoms with Crippen molar-refractivity contribution < 1.29 is 4.74 Å². The molecule has 120 valence electrons. The molecule has 3 N–H and O–H groups in total. The van der Waals surface area contributed by atoms with Gasteiger partial charge in [-0.05, 0) is 42.0 Å². The molecule has 0 heterocycles. The number of halogens is 1. The van der Waals surface area contributed by atoms with Crippen LogP contribution in [0.25, 0.3) is 0 Å². The second kappa shape index (κ2) is 6.92. The fourth-order valence-corrected chi connectivity index (χ4v) is 2.96. The third-order valence-corrected chi connectivity index (χ3v) is 4.37. The largest absolute Gasteiger partial charge is 0.495 e. The van der Waals surface area contributed by atoms with E-state index in [1.54, 1.807) is 19.2 Å². The maximum Gasteiger partial charge on any atom is 0.193 e. The minimum atomic E-state index is 0.407. The number of benzene rings is 2. The van der Waals surface area contributed by atoms with Crippen molar-refractivity contribution in [3.05, 3.63) is 59.1 Å². The van der Waals surface area contributed by atoms with E-state index >= 15 is 0 Å². The van der Waals surface area contributed by atoms with E-state index in [0.717, 1.165) is 12.2 Å². The summed E-state index contributed by atoms with van der Waals surface area (Å²) in [7, 11) is 1.59. The average molecular weight is 330 g/mol. The van der Waals surface area contributed by atoms with Crippen LogP contribution in [-0.2, 0) is 0 Å². The van der Waals surface area contributed by atoms with Crippen LogP contribution >= 0.6 is 11.6 Å². The van der Waals surface area contributed by atoms with E-state index in [-0.39, 0.29) is 0 Å². The molecule has 0 radical (unpaired) electrons. The second-order valence-corrected chi connectivity index (χ2v) is 6.12. The highest BCUT2D eigenvalue weighted by atomic mass is 35.5. The van der Waals surface area contributed by atoms with Crippen molar-refractivity contribution in [1.29, 1.82) is 0 Å². The first kappa shape index (κ1) is 15.7. The SMILES string of the molecule is COc1ccc(NC(N)=NC[C@@H]2C[C@H]2c2ccccc2)cc1Cl. The molecule has 0 aromatic heterocycles. The van der Waals surface area contributed by atoms with Crippen molar-refractivity contribution in [3.63, 3.8) is 0 Å². The molecule has 0 amide bonds. The summed E-state index contributed by atoms with van der Waals surface area (Å²) in [6.45, 7) is 0.738. The zero-order valence-corrected chi connectivity index (χ0v) is 13.8. The number of ether oxygens (including phenoxy) is 1. The molecule has 2 aromatic rings. The molecule has 0 bridgehead atoms. The number of anilines is 1. The zero-order chi connectivity index (χ0) is 16.2. The molecule has 0 saturated heterocycles. The van der Waals surface area contributed by atoms with E-state index in [4.69, 9.17) is 22.1 Å². The van der Waals surface area contributed by atoms with Gasteiger partial charge in [-0.3, -0.25) is 4.99 Å². The summed E-state index contributed by atoms with van der Waals surface area (Å²) >= 11 is 6.09. The highest BCUT2D eigenvalue weighted by molar-refractivity contribution is 6.32. The van der Waals surface area contributed by atoms with Crippen LogP contribution in [0.15, 0.2) is 53.5 Å². The van der Waals surface area contributed by atoms with Gasteiger partial charge in [0.25, 0.3) is 0 Å². The van der Waals surface area contributed by atoms with E-state index < -0.39 is 0 Å². The lowest BCUT2D eigenvalue weighted by Crippen LogP contribution is -2.23. The lowest BCUT2D eigenvalue weighted by molar-refractivity contribution is 0.415. The van der Waals surface area contributed by atoms with Gasteiger partial charge in [0.2, 0.25) is 0 Å². The van der Waals surface area contributed by atoms with Crippen LogP contribution in [0.3, 0.4) is 0 Å². The minimum absolute atomic E-state index is 0.407. The Morgan fingerprint density at radius 3 is 2.78 bits per heavy atom. The maximum absolute atomic E-state index is 6.09. The van der Waals surface area contributed by atoms with Crippen molar-refractivity contribution in [2.75, 3.05) is 19.0 Å². The fourth-order valence-electron chi connectivity index (χ4n) is 2.71. The molecule has 4 nitrogen and oxygen atoms in total. The van der Waals surface area contributed by atoms with Crippen LogP contribution in [0.5, 0.6) is 5.75 Å². The van der Waals surface area contributed by atoms with E-state index in [0.29, 0.717) is 28.6 Å². The molecule has 0 unspecified atom stereocenters. The Balaban J connectivity index is 1.54. The first-order valence-corrected chi connectivity index (χ1v) is 8.00. The molecule has 2 atom stereocenters. The predicted molar refractivity (Wildman–Crippen MR) is 95.4 cm³/mol. The van der Waals surface area contributed by atoms with E-state index in [1.807, 2.05) is 12.1 Å². The molecule has 1 fully saturated rings. The number of nitrogens with zero attached hydrogens (tertiary/aromatic N) is 1. The molecule has 0 aliphatic heterocycles. The minimum Gasteiger partial charge on any atom is -0.495 e. The third-order valence-electron chi connectivity index (χ3n) is 4.07. The number of rotatable bonds is 5.